The normalized spacial score (nSPS) is 18.1. The zero-order valence-corrected chi connectivity index (χ0v) is 20.7. The first-order valence-electron chi connectivity index (χ1n) is 12.0. The number of carbonyl (C=O) groups excluding carboxylic acids is 2. The molecule has 0 radical (unpaired) electrons. The summed E-state index contributed by atoms with van der Waals surface area (Å²) in [7, 11) is 0. The maximum Gasteiger partial charge on any atom is 0.321 e. The summed E-state index contributed by atoms with van der Waals surface area (Å²) in [5, 5.41) is 28.2. The zero-order valence-electron chi connectivity index (χ0n) is 20.7. The molecule has 2 aliphatic rings. The van der Waals surface area contributed by atoms with E-state index >= 15 is 0 Å². The molecular formula is C24H30N4O10. The summed E-state index contributed by atoms with van der Waals surface area (Å²) < 4.78 is 11.4. The first kappa shape index (κ1) is 28.7. The Labute approximate surface area is 218 Å². The Morgan fingerprint density at radius 3 is 2.26 bits per heavy atom. The van der Waals surface area contributed by atoms with Crippen LogP contribution < -0.4 is 4.74 Å². The number of imide groups is 1. The van der Waals surface area contributed by atoms with Crippen LogP contribution in [0, 0.1) is 0 Å². The van der Waals surface area contributed by atoms with E-state index in [1.54, 1.807) is 17.0 Å². The largest absolute Gasteiger partial charge is 0.493 e. The van der Waals surface area contributed by atoms with Crippen molar-refractivity contribution in [1.29, 1.82) is 0 Å². The van der Waals surface area contributed by atoms with Crippen LogP contribution in [-0.2, 0) is 41.8 Å². The van der Waals surface area contributed by atoms with E-state index in [-0.39, 0.29) is 70.9 Å². The minimum atomic E-state index is -1.32. The van der Waals surface area contributed by atoms with Gasteiger partial charge in [-0.25, -0.2) is 0 Å². The van der Waals surface area contributed by atoms with Crippen LogP contribution in [-0.4, -0.2) is 117 Å². The topological polar surface area (TPSA) is 187 Å². The monoisotopic (exact) mass is 534 g/mol. The second kappa shape index (κ2) is 13.6. The van der Waals surface area contributed by atoms with Crippen molar-refractivity contribution < 1.29 is 48.8 Å². The predicted octanol–water partition coefficient (Wildman–Crippen LogP) is -0.578. The molecule has 0 fully saturated rings. The van der Waals surface area contributed by atoms with Gasteiger partial charge in [0.15, 0.2) is 0 Å². The summed E-state index contributed by atoms with van der Waals surface area (Å²) in [6.07, 6.45) is 2.15. The number of aromatic nitrogens is 1. The number of carboxylic acids is 3. The molecule has 3 N–H and O–H groups in total. The summed E-state index contributed by atoms with van der Waals surface area (Å²) in [5.41, 5.74) is 0.873. The molecule has 0 aromatic carbocycles. The number of pyridine rings is 1. The highest BCUT2D eigenvalue weighted by Crippen LogP contribution is 2.20. The van der Waals surface area contributed by atoms with Crippen molar-refractivity contribution in [2.24, 2.45) is 0 Å². The maximum atomic E-state index is 11.9. The molecule has 3 rings (SSSR count). The van der Waals surface area contributed by atoms with E-state index in [9.17, 15) is 39.3 Å². The number of carboxylic acid groups (broad SMARTS) is 3. The molecule has 2 bridgehead atoms. The van der Waals surface area contributed by atoms with E-state index in [1.165, 1.54) is 17.1 Å². The maximum absolute atomic E-state index is 11.9. The van der Waals surface area contributed by atoms with Gasteiger partial charge in [-0.3, -0.25) is 43.7 Å². The highest BCUT2D eigenvalue weighted by Gasteiger charge is 2.29. The Morgan fingerprint density at radius 1 is 0.974 bits per heavy atom. The van der Waals surface area contributed by atoms with Gasteiger partial charge in [0.05, 0.1) is 44.2 Å². The number of carbonyl (C=O) groups is 5. The molecule has 1 unspecified atom stereocenters. The SMILES string of the molecule is O=C(O)CC(C(=O)O)N1CCOCCN(CC(=O)O)Cc2cc(OCCCN3C(=O)C=CC3=O)cc(n2)C1. The number of hydrogen-bond acceptors (Lipinski definition) is 10. The molecule has 0 aliphatic carbocycles. The lowest BCUT2D eigenvalue weighted by atomic mass is 10.1. The lowest BCUT2D eigenvalue weighted by molar-refractivity contribution is -0.150. The molecule has 206 valence electrons. The third-order valence-electron chi connectivity index (χ3n) is 5.88. The minimum Gasteiger partial charge on any atom is -0.493 e. The van der Waals surface area contributed by atoms with Crippen LogP contribution in [0.25, 0.3) is 0 Å². The fourth-order valence-electron chi connectivity index (χ4n) is 4.13. The van der Waals surface area contributed by atoms with Crippen molar-refractivity contribution in [3.8, 4) is 5.75 Å². The Kier molecular flexibility index (Phi) is 10.3. The van der Waals surface area contributed by atoms with E-state index in [0.717, 1.165) is 4.90 Å². The van der Waals surface area contributed by atoms with Crippen LogP contribution in [0.4, 0.5) is 0 Å². The highest BCUT2D eigenvalue weighted by molar-refractivity contribution is 6.12. The summed E-state index contributed by atoms with van der Waals surface area (Å²) in [6, 6.07) is 1.91. The van der Waals surface area contributed by atoms with Crippen molar-refractivity contribution in [3.63, 3.8) is 0 Å². The van der Waals surface area contributed by atoms with Gasteiger partial charge in [-0.15, -0.1) is 0 Å². The second-order valence-corrected chi connectivity index (χ2v) is 8.79. The van der Waals surface area contributed by atoms with Crippen LogP contribution in [0.3, 0.4) is 0 Å². The standard InChI is InChI=1S/C24H30N4O10/c29-20-2-3-21(30)28(20)4-1-7-38-18-10-16-13-26(15-23(33)34)5-8-37-9-6-27(14-17(11-18)25-16)19(24(35)36)12-22(31)32/h2-3,10-11,19H,1,4-9,12-15H2,(H,31,32)(H,33,34)(H,35,36). The molecule has 14 nitrogen and oxygen atoms in total. The van der Waals surface area contributed by atoms with Gasteiger partial charge in [0.1, 0.15) is 11.8 Å². The third-order valence-corrected chi connectivity index (χ3v) is 5.88. The summed E-state index contributed by atoms with van der Waals surface area (Å²) in [4.78, 5) is 66.7. The molecule has 1 aromatic heterocycles. The van der Waals surface area contributed by atoms with E-state index in [4.69, 9.17) is 9.47 Å². The molecule has 0 spiro atoms. The first-order chi connectivity index (χ1) is 18.1. The van der Waals surface area contributed by atoms with Gasteiger partial charge in [0.25, 0.3) is 11.8 Å². The fraction of sp³-hybridized carbons (Fsp3) is 0.500. The van der Waals surface area contributed by atoms with Gasteiger partial charge in [-0.2, -0.15) is 0 Å². The lowest BCUT2D eigenvalue weighted by Gasteiger charge is -2.29. The van der Waals surface area contributed by atoms with Gasteiger partial charge >= 0.3 is 17.9 Å². The predicted molar refractivity (Wildman–Crippen MR) is 128 cm³/mol. The van der Waals surface area contributed by atoms with E-state index in [2.05, 4.69) is 4.98 Å². The molecule has 0 saturated heterocycles. The molecular weight excluding hydrogens is 504 g/mol. The molecule has 1 aromatic rings. The summed E-state index contributed by atoms with van der Waals surface area (Å²) >= 11 is 0. The van der Waals surface area contributed by atoms with Crippen molar-refractivity contribution in [2.45, 2.75) is 32.0 Å². The lowest BCUT2D eigenvalue weighted by Crippen LogP contribution is -2.44. The number of amides is 2. The number of ether oxygens (including phenoxy) is 2. The van der Waals surface area contributed by atoms with Crippen LogP contribution in [0.5, 0.6) is 5.75 Å². The van der Waals surface area contributed by atoms with E-state index < -0.39 is 30.4 Å². The third kappa shape index (κ3) is 8.61. The van der Waals surface area contributed by atoms with Crippen molar-refractivity contribution in [3.05, 3.63) is 35.7 Å². The minimum absolute atomic E-state index is 0.0147. The number of fused-ring (bicyclic) bond motifs is 2. The van der Waals surface area contributed by atoms with Crippen molar-refractivity contribution in [1.82, 2.24) is 19.7 Å². The van der Waals surface area contributed by atoms with Gasteiger partial charge in [-0.05, 0) is 6.42 Å². The highest BCUT2D eigenvalue weighted by atomic mass is 16.5. The molecule has 14 heteroatoms. The van der Waals surface area contributed by atoms with Crippen LogP contribution in [0.2, 0.25) is 0 Å². The van der Waals surface area contributed by atoms with Crippen molar-refractivity contribution >= 4 is 29.7 Å². The zero-order chi connectivity index (χ0) is 27.7. The molecule has 0 saturated carbocycles. The summed E-state index contributed by atoms with van der Waals surface area (Å²) in [5.74, 6) is -3.96. The quantitative estimate of drug-likeness (QED) is 0.242. The molecule has 1 atom stereocenters. The molecule has 3 heterocycles. The van der Waals surface area contributed by atoms with Crippen LogP contribution in [0.15, 0.2) is 24.3 Å². The van der Waals surface area contributed by atoms with Crippen LogP contribution in [0.1, 0.15) is 24.2 Å². The Hall–Kier alpha value is -3.88. The number of rotatable bonds is 11. The Balaban J connectivity index is 1.81. The average Bonchev–Trinajstić information content (AvgIpc) is 3.15. The van der Waals surface area contributed by atoms with Crippen molar-refractivity contribution in [2.75, 3.05) is 46.0 Å². The Morgan fingerprint density at radius 2 is 1.63 bits per heavy atom. The van der Waals surface area contributed by atoms with Crippen LogP contribution >= 0.6 is 0 Å². The molecule has 38 heavy (non-hydrogen) atoms. The molecule has 2 amide bonds. The summed E-state index contributed by atoms with van der Waals surface area (Å²) in [6.45, 7) is 0.898. The number of nitrogens with zero attached hydrogens (tertiary/aromatic N) is 4. The number of aliphatic carboxylic acids is 3. The second-order valence-electron chi connectivity index (χ2n) is 8.79. The van der Waals surface area contributed by atoms with Gasteiger partial charge in [0, 0.05) is 57.0 Å². The van der Waals surface area contributed by atoms with Gasteiger partial charge in [-0.1, -0.05) is 0 Å². The smallest absolute Gasteiger partial charge is 0.321 e. The van der Waals surface area contributed by atoms with Gasteiger partial charge < -0.3 is 24.8 Å². The fourth-order valence-corrected chi connectivity index (χ4v) is 4.13. The van der Waals surface area contributed by atoms with E-state index in [0.29, 0.717) is 23.6 Å². The first-order valence-corrected chi connectivity index (χ1v) is 12.0. The number of hydrogen-bond donors (Lipinski definition) is 3. The average molecular weight is 535 g/mol. The van der Waals surface area contributed by atoms with Gasteiger partial charge in [0.2, 0.25) is 0 Å². The van der Waals surface area contributed by atoms with E-state index in [1.807, 2.05) is 0 Å². The molecule has 2 aliphatic heterocycles. The Bertz CT molecular complexity index is 1070.